The molecule has 0 aliphatic carbocycles. The van der Waals surface area contributed by atoms with Crippen LogP contribution in [0.25, 0.3) is 10.2 Å². The van der Waals surface area contributed by atoms with Crippen LogP contribution in [-0.2, 0) is 17.4 Å². The number of carbonyl (C=O) groups is 2. The minimum Gasteiger partial charge on any atom is -0.480 e. The number of amides is 1. The number of hydrogen-bond acceptors (Lipinski definition) is 3. The first-order chi connectivity index (χ1) is 13.6. The molecule has 1 N–H and O–H groups in total. The van der Waals surface area contributed by atoms with E-state index in [0.717, 1.165) is 46.2 Å². The summed E-state index contributed by atoms with van der Waals surface area (Å²) < 4.78 is 40.9. The second-order valence-corrected chi connectivity index (χ2v) is 7.43. The summed E-state index contributed by atoms with van der Waals surface area (Å²) in [5.74, 6) is -1.98. The first-order valence-corrected chi connectivity index (χ1v) is 9.56. The molecule has 0 saturated heterocycles. The summed E-state index contributed by atoms with van der Waals surface area (Å²) in [6.07, 6.45) is -3.81. The lowest BCUT2D eigenvalue weighted by Gasteiger charge is -2.10. The number of aromatic nitrogens is 1. The van der Waals surface area contributed by atoms with E-state index in [0.29, 0.717) is 5.52 Å². The summed E-state index contributed by atoms with van der Waals surface area (Å²) in [6, 6.07) is 8.49. The number of aliphatic carboxylic acids is 1. The van der Waals surface area contributed by atoms with Crippen LogP contribution in [0.15, 0.2) is 47.5 Å². The predicted octanol–water partition coefficient (Wildman–Crippen LogP) is 4.67. The molecule has 0 bridgehead atoms. The van der Waals surface area contributed by atoms with Gasteiger partial charge in [0.15, 0.2) is 4.80 Å². The third-order valence-electron chi connectivity index (χ3n) is 4.48. The highest BCUT2D eigenvalue weighted by atomic mass is 32.1. The number of hydrogen-bond donors (Lipinski definition) is 1. The first-order valence-electron chi connectivity index (χ1n) is 8.75. The van der Waals surface area contributed by atoms with Gasteiger partial charge in [-0.3, -0.25) is 4.79 Å². The van der Waals surface area contributed by atoms with E-state index in [1.54, 1.807) is 6.07 Å². The Balaban J connectivity index is 2.17. The lowest BCUT2D eigenvalue weighted by atomic mass is 10.1. The molecule has 0 fully saturated rings. The van der Waals surface area contributed by atoms with Crippen LogP contribution in [0.5, 0.6) is 0 Å². The van der Waals surface area contributed by atoms with E-state index in [1.807, 2.05) is 19.1 Å². The fourth-order valence-electron chi connectivity index (χ4n) is 2.85. The number of fused-ring (bicyclic) bond motifs is 1. The largest absolute Gasteiger partial charge is 0.480 e. The van der Waals surface area contributed by atoms with E-state index >= 15 is 0 Å². The molecular formula is C20H17F3N2O3S. The number of nitrogens with zero attached hydrogens (tertiary/aromatic N) is 2. The van der Waals surface area contributed by atoms with Crippen LogP contribution in [0.2, 0.25) is 0 Å². The molecule has 0 radical (unpaired) electrons. The molecule has 29 heavy (non-hydrogen) atoms. The molecule has 152 valence electrons. The van der Waals surface area contributed by atoms with E-state index in [1.165, 1.54) is 17.6 Å². The smallest absolute Gasteiger partial charge is 0.416 e. The standard InChI is InChI=1S/C20H17F3N2O3S/c1-3-12-7-8-15-16(9-12)29-19(25(15)11(2)18(27)28)24-17(26)13-5-4-6-14(10-13)20(21,22)23/h4-11H,3H2,1-2H3,(H,27,28). The zero-order valence-corrected chi connectivity index (χ0v) is 16.3. The molecule has 3 aromatic rings. The van der Waals surface area contributed by atoms with Gasteiger partial charge in [0.25, 0.3) is 5.91 Å². The number of carboxylic acid groups (broad SMARTS) is 1. The van der Waals surface area contributed by atoms with Crippen molar-refractivity contribution >= 4 is 33.4 Å². The Morgan fingerprint density at radius 1 is 1.21 bits per heavy atom. The number of halogens is 3. The molecule has 1 aromatic heterocycles. The van der Waals surface area contributed by atoms with E-state index in [2.05, 4.69) is 4.99 Å². The summed E-state index contributed by atoms with van der Waals surface area (Å²) in [6.45, 7) is 3.43. The van der Waals surface area contributed by atoms with E-state index in [9.17, 15) is 27.9 Å². The fraction of sp³-hybridized carbons (Fsp3) is 0.250. The fourth-order valence-corrected chi connectivity index (χ4v) is 4.01. The number of aryl methyl sites for hydroxylation is 1. The van der Waals surface area contributed by atoms with E-state index in [-0.39, 0.29) is 10.4 Å². The Morgan fingerprint density at radius 2 is 1.93 bits per heavy atom. The van der Waals surface area contributed by atoms with Crippen molar-refractivity contribution in [3.63, 3.8) is 0 Å². The van der Waals surface area contributed by atoms with Gasteiger partial charge in [-0.15, -0.1) is 0 Å². The molecule has 1 heterocycles. The number of benzene rings is 2. The molecule has 0 spiro atoms. The Kier molecular flexibility index (Phi) is 5.61. The second kappa shape index (κ2) is 7.82. The maximum Gasteiger partial charge on any atom is 0.416 e. The zero-order chi connectivity index (χ0) is 21.3. The van der Waals surface area contributed by atoms with E-state index in [4.69, 9.17) is 0 Å². The van der Waals surface area contributed by atoms with Crippen LogP contribution >= 0.6 is 11.3 Å². The summed E-state index contributed by atoms with van der Waals surface area (Å²) in [7, 11) is 0. The average molecular weight is 422 g/mol. The molecule has 0 aliphatic heterocycles. The van der Waals surface area contributed by atoms with Crippen LogP contribution in [0, 0.1) is 0 Å². The Hall–Kier alpha value is -2.94. The van der Waals surface area contributed by atoms with Crippen LogP contribution in [0.4, 0.5) is 13.2 Å². The molecule has 0 saturated carbocycles. The molecule has 1 unspecified atom stereocenters. The van der Waals surface area contributed by atoms with Crippen molar-refractivity contribution in [3.8, 4) is 0 Å². The maximum atomic E-state index is 12.9. The minimum atomic E-state index is -4.58. The summed E-state index contributed by atoms with van der Waals surface area (Å²) in [4.78, 5) is 28.2. The van der Waals surface area contributed by atoms with Gasteiger partial charge < -0.3 is 9.67 Å². The van der Waals surface area contributed by atoms with Gasteiger partial charge >= 0.3 is 12.1 Å². The van der Waals surface area contributed by atoms with Gasteiger partial charge in [-0.1, -0.05) is 30.4 Å². The lowest BCUT2D eigenvalue weighted by Crippen LogP contribution is -2.25. The quantitative estimate of drug-likeness (QED) is 0.664. The summed E-state index contributed by atoms with van der Waals surface area (Å²) >= 11 is 1.12. The number of rotatable bonds is 4. The van der Waals surface area contributed by atoms with Crippen molar-refractivity contribution in [1.82, 2.24) is 4.57 Å². The number of alkyl halides is 3. The molecule has 3 rings (SSSR count). The van der Waals surface area contributed by atoms with Gasteiger partial charge in [-0.25, -0.2) is 4.79 Å². The van der Waals surface area contributed by atoms with Gasteiger partial charge in [-0.2, -0.15) is 18.2 Å². The van der Waals surface area contributed by atoms with Gasteiger partial charge in [0, 0.05) is 5.56 Å². The van der Waals surface area contributed by atoms with Gasteiger partial charge in [0.05, 0.1) is 15.8 Å². The predicted molar refractivity (Wildman–Crippen MR) is 103 cm³/mol. The van der Waals surface area contributed by atoms with Crippen molar-refractivity contribution < 1.29 is 27.9 Å². The van der Waals surface area contributed by atoms with Crippen LogP contribution in [-0.4, -0.2) is 21.6 Å². The number of carbonyl (C=O) groups excluding carboxylic acids is 1. The monoisotopic (exact) mass is 422 g/mol. The average Bonchev–Trinajstić information content (AvgIpc) is 3.03. The normalized spacial score (nSPS) is 13.6. The Morgan fingerprint density at radius 3 is 2.55 bits per heavy atom. The molecule has 1 atom stereocenters. The number of carboxylic acids is 1. The van der Waals surface area contributed by atoms with Crippen LogP contribution < -0.4 is 4.80 Å². The zero-order valence-electron chi connectivity index (χ0n) is 15.5. The Bertz CT molecular complexity index is 1160. The SMILES string of the molecule is CCc1ccc2c(c1)sc(=NC(=O)c1cccc(C(F)(F)F)c1)n2C(C)C(=O)O. The highest BCUT2D eigenvalue weighted by Crippen LogP contribution is 2.29. The highest BCUT2D eigenvalue weighted by molar-refractivity contribution is 7.16. The summed E-state index contributed by atoms with van der Waals surface area (Å²) in [5, 5.41) is 9.45. The van der Waals surface area contributed by atoms with Crippen molar-refractivity contribution in [1.29, 1.82) is 0 Å². The van der Waals surface area contributed by atoms with Crippen molar-refractivity contribution in [2.45, 2.75) is 32.5 Å². The van der Waals surface area contributed by atoms with Crippen molar-refractivity contribution in [2.24, 2.45) is 4.99 Å². The van der Waals surface area contributed by atoms with Crippen molar-refractivity contribution in [3.05, 3.63) is 64.0 Å². The molecular weight excluding hydrogens is 405 g/mol. The summed E-state index contributed by atoms with van der Waals surface area (Å²) in [5.41, 5.74) is 0.456. The third-order valence-corrected chi connectivity index (χ3v) is 5.50. The van der Waals surface area contributed by atoms with Crippen molar-refractivity contribution in [2.75, 3.05) is 0 Å². The van der Waals surface area contributed by atoms with Crippen LogP contribution in [0.1, 0.15) is 41.4 Å². The van der Waals surface area contributed by atoms with Gasteiger partial charge in [-0.05, 0) is 49.2 Å². The highest BCUT2D eigenvalue weighted by Gasteiger charge is 2.31. The molecule has 5 nitrogen and oxygen atoms in total. The molecule has 9 heteroatoms. The minimum absolute atomic E-state index is 0.116. The Labute approximate surface area is 167 Å². The molecule has 2 aromatic carbocycles. The third kappa shape index (κ3) is 4.24. The van der Waals surface area contributed by atoms with Gasteiger partial charge in [0.2, 0.25) is 0 Å². The van der Waals surface area contributed by atoms with Crippen LogP contribution in [0.3, 0.4) is 0 Å². The number of thiazole rings is 1. The molecule has 1 amide bonds. The van der Waals surface area contributed by atoms with Gasteiger partial charge in [0.1, 0.15) is 6.04 Å². The lowest BCUT2D eigenvalue weighted by molar-refractivity contribution is -0.140. The topological polar surface area (TPSA) is 71.7 Å². The molecule has 0 aliphatic rings. The first kappa shape index (κ1) is 20.8. The maximum absolute atomic E-state index is 12.9. The second-order valence-electron chi connectivity index (χ2n) is 6.42. The van der Waals surface area contributed by atoms with E-state index < -0.39 is 29.7 Å².